The number of hydrogen-bond donors (Lipinski definition) is 1. The van der Waals surface area contributed by atoms with Gasteiger partial charge in [-0.05, 0) is 30.2 Å². The first-order valence-electron chi connectivity index (χ1n) is 9.48. The molecule has 1 N–H and O–H groups in total. The van der Waals surface area contributed by atoms with E-state index in [-0.39, 0.29) is 24.1 Å². The molecule has 5 nitrogen and oxygen atoms in total. The third-order valence-corrected chi connectivity index (χ3v) is 5.08. The number of benzene rings is 2. The Morgan fingerprint density at radius 1 is 1.20 bits per heavy atom. The van der Waals surface area contributed by atoms with Crippen molar-refractivity contribution in [3.63, 3.8) is 0 Å². The lowest BCUT2D eigenvalue weighted by Gasteiger charge is -2.16. The van der Waals surface area contributed by atoms with E-state index in [1.807, 2.05) is 6.07 Å². The topological polar surface area (TPSA) is 56.1 Å². The van der Waals surface area contributed by atoms with Crippen LogP contribution in [0.1, 0.15) is 27.3 Å². The second kappa shape index (κ2) is 7.51. The summed E-state index contributed by atoms with van der Waals surface area (Å²) in [6.07, 6.45) is -4.33. The number of ether oxygens (including phenoxy) is 1. The van der Waals surface area contributed by atoms with Crippen molar-refractivity contribution in [1.82, 2.24) is 15.1 Å². The van der Waals surface area contributed by atoms with Crippen molar-refractivity contribution < 1.29 is 22.7 Å². The highest BCUT2D eigenvalue weighted by Gasteiger charge is 2.35. The molecule has 1 atom stereocenters. The molecule has 1 unspecified atom stereocenters. The number of halogens is 3. The largest absolute Gasteiger partial charge is 0.487 e. The van der Waals surface area contributed by atoms with E-state index in [1.165, 1.54) is 16.8 Å². The van der Waals surface area contributed by atoms with Crippen LogP contribution in [0.25, 0.3) is 11.1 Å². The van der Waals surface area contributed by atoms with Crippen LogP contribution in [-0.4, -0.2) is 28.3 Å². The quantitative estimate of drug-likeness (QED) is 0.697. The van der Waals surface area contributed by atoms with E-state index >= 15 is 0 Å². The number of rotatable bonds is 4. The second-order valence-corrected chi connectivity index (χ2v) is 7.29. The van der Waals surface area contributed by atoms with Crippen LogP contribution in [0.4, 0.5) is 13.2 Å². The zero-order chi connectivity index (χ0) is 21.5. The summed E-state index contributed by atoms with van der Waals surface area (Å²) in [6.45, 7) is 2.03. The molecule has 2 aromatic carbocycles. The van der Waals surface area contributed by atoms with Crippen molar-refractivity contribution in [3.05, 3.63) is 71.0 Å². The minimum absolute atomic E-state index is 0.0805. The molecule has 1 aromatic heterocycles. The lowest BCUT2D eigenvalue weighted by Crippen LogP contribution is -2.35. The van der Waals surface area contributed by atoms with Crippen molar-refractivity contribution in [2.45, 2.75) is 25.6 Å². The molecule has 0 bridgehead atoms. The van der Waals surface area contributed by atoms with E-state index in [1.54, 1.807) is 38.2 Å². The first-order valence-corrected chi connectivity index (χ1v) is 9.48. The maximum Gasteiger partial charge on any atom is 0.417 e. The third-order valence-electron chi connectivity index (χ3n) is 5.08. The van der Waals surface area contributed by atoms with Crippen LogP contribution >= 0.6 is 0 Å². The number of nitrogens with one attached hydrogen (secondary N) is 1. The van der Waals surface area contributed by atoms with Gasteiger partial charge in [-0.1, -0.05) is 36.4 Å². The maximum atomic E-state index is 13.5. The minimum atomic E-state index is -4.47. The Bertz CT molecular complexity index is 1110. The number of alkyl halides is 3. The average Bonchev–Trinajstić information content (AvgIpc) is 3.27. The van der Waals surface area contributed by atoms with Crippen LogP contribution < -0.4 is 10.1 Å². The number of para-hydroxylation sites is 1. The Morgan fingerprint density at radius 2 is 1.93 bits per heavy atom. The highest BCUT2D eigenvalue weighted by Crippen LogP contribution is 2.43. The average molecular weight is 415 g/mol. The highest BCUT2D eigenvalue weighted by molar-refractivity contribution is 5.92. The fraction of sp³-hybridized carbons (Fsp3) is 0.273. The second-order valence-electron chi connectivity index (χ2n) is 7.29. The summed E-state index contributed by atoms with van der Waals surface area (Å²) in [5.74, 6) is 0.158. The van der Waals surface area contributed by atoms with E-state index in [0.717, 1.165) is 17.3 Å². The monoisotopic (exact) mass is 415 g/mol. The Balaban J connectivity index is 1.54. The Kier molecular flexibility index (Phi) is 5.01. The zero-order valence-corrected chi connectivity index (χ0v) is 16.5. The van der Waals surface area contributed by atoms with Gasteiger partial charge in [0.25, 0.3) is 5.91 Å². The smallest absolute Gasteiger partial charge is 0.417 e. The summed E-state index contributed by atoms with van der Waals surface area (Å²) in [5.41, 5.74) is 1.77. The molecule has 1 amide bonds. The summed E-state index contributed by atoms with van der Waals surface area (Å²) in [4.78, 5) is 12.4. The number of aryl methyl sites for hydroxylation is 2. The molecule has 2 heterocycles. The van der Waals surface area contributed by atoms with Crippen LogP contribution in [0.3, 0.4) is 0 Å². The molecule has 156 valence electrons. The van der Waals surface area contributed by atoms with Gasteiger partial charge in [0.15, 0.2) is 0 Å². The van der Waals surface area contributed by atoms with Gasteiger partial charge in [0, 0.05) is 19.0 Å². The molecule has 0 saturated heterocycles. The standard InChI is InChI=1S/C22H20F3N3O2/c1-13-10-19(28(2)27-13)21(29)26-12-15-11-14-6-5-8-17(20(14)30-15)16-7-3-4-9-18(16)22(23,24)25/h3-10,15H,11-12H2,1-2H3,(H,26,29). The first-order chi connectivity index (χ1) is 14.2. The van der Waals surface area contributed by atoms with Gasteiger partial charge in [-0.2, -0.15) is 18.3 Å². The lowest BCUT2D eigenvalue weighted by molar-refractivity contribution is -0.137. The van der Waals surface area contributed by atoms with Gasteiger partial charge >= 0.3 is 6.18 Å². The number of fused-ring (bicyclic) bond motifs is 1. The van der Waals surface area contributed by atoms with Crippen molar-refractivity contribution in [3.8, 4) is 16.9 Å². The van der Waals surface area contributed by atoms with Crippen LogP contribution in [0.5, 0.6) is 5.75 Å². The van der Waals surface area contributed by atoms with E-state index in [4.69, 9.17) is 4.74 Å². The molecule has 0 aliphatic carbocycles. The summed E-state index contributed by atoms with van der Waals surface area (Å²) < 4.78 is 47.9. The van der Waals surface area contributed by atoms with E-state index in [9.17, 15) is 18.0 Å². The maximum absolute atomic E-state index is 13.5. The summed E-state index contributed by atoms with van der Waals surface area (Å²) >= 11 is 0. The van der Waals surface area contributed by atoms with Crippen molar-refractivity contribution in [1.29, 1.82) is 0 Å². The Hall–Kier alpha value is -3.29. The van der Waals surface area contributed by atoms with Crippen molar-refractivity contribution in [2.75, 3.05) is 6.54 Å². The number of amides is 1. The number of nitrogens with zero attached hydrogens (tertiary/aromatic N) is 2. The van der Waals surface area contributed by atoms with Crippen LogP contribution in [-0.2, 0) is 19.6 Å². The SMILES string of the molecule is Cc1cc(C(=O)NCC2Cc3cccc(-c4ccccc4C(F)(F)F)c3O2)n(C)n1. The summed E-state index contributed by atoms with van der Waals surface area (Å²) in [6, 6.07) is 12.3. The van der Waals surface area contributed by atoms with Crippen LogP contribution in [0, 0.1) is 6.92 Å². The minimum Gasteiger partial charge on any atom is -0.487 e. The normalized spacial score (nSPS) is 15.6. The molecule has 30 heavy (non-hydrogen) atoms. The van der Waals surface area contributed by atoms with Crippen LogP contribution in [0.2, 0.25) is 0 Å². The molecule has 3 aromatic rings. The van der Waals surface area contributed by atoms with Gasteiger partial charge in [0.1, 0.15) is 17.5 Å². The molecule has 1 aliphatic heterocycles. The van der Waals surface area contributed by atoms with Gasteiger partial charge in [0.2, 0.25) is 0 Å². The number of carbonyl (C=O) groups is 1. The van der Waals surface area contributed by atoms with Gasteiger partial charge in [0.05, 0.1) is 17.8 Å². The number of hydrogen-bond acceptors (Lipinski definition) is 3. The predicted molar refractivity (Wildman–Crippen MR) is 105 cm³/mol. The van der Waals surface area contributed by atoms with Gasteiger partial charge in [-0.25, -0.2) is 0 Å². The van der Waals surface area contributed by atoms with Gasteiger partial charge < -0.3 is 10.1 Å². The summed E-state index contributed by atoms with van der Waals surface area (Å²) in [5, 5.41) is 6.97. The first kappa shape index (κ1) is 20.0. The number of aromatic nitrogens is 2. The molecule has 4 rings (SSSR count). The Morgan fingerprint density at radius 3 is 2.63 bits per heavy atom. The third kappa shape index (κ3) is 3.77. The molecular formula is C22H20F3N3O2. The fourth-order valence-electron chi connectivity index (χ4n) is 3.75. The van der Waals surface area contributed by atoms with E-state index in [2.05, 4.69) is 10.4 Å². The number of carbonyl (C=O) groups excluding carboxylic acids is 1. The molecule has 0 saturated carbocycles. The Labute approximate surface area is 171 Å². The van der Waals surface area contributed by atoms with Crippen molar-refractivity contribution >= 4 is 5.91 Å². The molecule has 1 aliphatic rings. The van der Waals surface area contributed by atoms with E-state index in [0.29, 0.717) is 23.4 Å². The molecule has 8 heteroatoms. The predicted octanol–water partition coefficient (Wildman–Crippen LogP) is 4.15. The molecule has 0 fully saturated rings. The van der Waals surface area contributed by atoms with Crippen LogP contribution in [0.15, 0.2) is 48.5 Å². The van der Waals surface area contributed by atoms with E-state index < -0.39 is 11.7 Å². The zero-order valence-electron chi connectivity index (χ0n) is 16.5. The molecular weight excluding hydrogens is 395 g/mol. The lowest BCUT2D eigenvalue weighted by atomic mass is 9.96. The molecule has 0 radical (unpaired) electrons. The summed E-state index contributed by atoms with van der Waals surface area (Å²) in [7, 11) is 1.69. The highest BCUT2D eigenvalue weighted by atomic mass is 19.4. The van der Waals surface area contributed by atoms with Gasteiger partial charge in [-0.15, -0.1) is 0 Å². The van der Waals surface area contributed by atoms with Gasteiger partial charge in [-0.3, -0.25) is 9.48 Å². The van der Waals surface area contributed by atoms with Crippen molar-refractivity contribution in [2.24, 2.45) is 7.05 Å². The molecule has 0 spiro atoms. The fourth-order valence-corrected chi connectivity index (χ4v) is 3.75.